The lowest BCUT2D eigenvalue weighted by Crippen LogP contribution is -2.37. The number of ether oxygens (including phenoxy) is 1. The minimum absolute atomic E-state index is 0.0633. The predicted octanol–water partition coefficient (Wildman–Crippen LogP) is 2.87. The fraction of sp³-hybridized carbons (Fsp3) is 0.400. The van der Waals surface area contributed by atoms with Crippen LogP contribution in [0.15, 0.2) is 30.3 Å². The van der Waals surface area contributed by atoms with E-state index < -0.39 is 0 Å². The monoisotopic (exact) mass is 365 g/mol. The quantitative estimate of drug-likeness (QED) is 0.711. The van der Waals surface area contributed by atoms with E-state index in [1.54, 1.807) is 11.6 Å². The molecule has 140 valence electrons. The number of hydrogen-bond acceptors (Lipinski definition) is 5. The third kappa shape index (κ3) is 3.19. The third-order valence-electron chi connectivity index (χ3n) is 5.03. The average Bonchev–Trinajstić information content (AvgIpc) is 3.08. The summed E-state index contributed by atoms with van der Waals surface area (Å²) in [6, 6.07) is 9.95. The number of piperidine rings is 1. The molecule has 1 fully saturated rings. The van der Waals surface area contributed by atoms with Gasteiger partial charge in [0.1, 0.15) is 0 Å². The molecule has 0 saturated carbocycles. The van der Waals surface area contributed by atoms with Gasteiger partial charge >= 0.3 is 0 Å². The topological polar surface area (TPSA) is 72.6 Å². The van der Waals surface area contributed by atoms with Gasteiger partial charge in [-0.1, -0.05) is 30.3 Å². The van der Waals surface area contributed by atoms with Gasteiger partial charge in [-0.05, 0) is 31.7 Å². The second kappa shape index (κ2) is 7.44. The molecule has 7 nitrogen and oxygen atoms in total. The Kier molecular flexibility index (Phi) is 4.85. The zero-order valence-electron chi connectivity index (χ0n) is 15.7. The molecule has 7 heteroatoms. The van der Waals surface area contributed by atoms with Crippen LogP contribution in [0.2, 0.25) is 0 Å². The normalized spacial score (nSPS) is 14.7. The molecule has 0 N–H and O–H groups in total. The molecular formula is C20H23N5O2. The Morgan fingerprint density at radius 3 is 2.56 bits per heavy atom. The summed E-state index contributed by atoms with van der Waals surface area (Å²) in [6.45, 7) is 3.79. The van der Waals surface area contributed by atoms with Crippen molar-refractivity contribution in [2.45, 2.75) is 32.8 Å². The molecule has 1 saturated heterocycles. The average molecular weight is 365 g/mol. The van der Waals surface area contributed by atoms with E-state index in [9.17, 15) is 4.79 Å². The van der Waals surface area contributed by atoms with Gasteiger partial charge in [0, 0.05) is 20.2 Å². The number of aromatic nitrogens is 4. The molecule has 0 radical (unpaired) electrons. The lowest BCUT2D eigenvalue weighted by molar-refractivity contribution is 0.0715. The van der Waals surface area contributed by atoms with Crippen LogP contribution in [-0.4, -0.2) is 50.8 Å². The van der Waals surface area contributed by atoms with Crippen molar-refractivity contribution in [1.29, 1.82) is 0 Å². The SMILES string of the molecule is COCc1nn2c(C)c(C(=O)N3CCCCC3)nnc2c1-c1ccccc1. The molecule has 0 unspecified atom stereocenters. The van der Waals surface area contributed by atoms with Gasteiger partial charge in [-0.15, -0.1) is 10.2 Å². The molecule has 2 aromatic heterocycles. The summed E-state index contributed by atoms with van der Waals surface area (Å²) in [4.78, 5) is 14.8. The molecule has 0 atom stereocenters. The first-order valence-electron chi connectivity index (χ1n) is 9.29. The van der Waals surface area contributed by atoms with Crippen molar-refractivity contribution < 1.29 is 9.53 Å². The maximum Gasteiger partial charge on any atom is 0.276 e. The summed E-state index contributed by atoms with van der Waals surface area (Å²) in [5, 5.41) is 13.4. The van der Waals surface area contributed by atoms with Crippen molar-refractivity contribution in [3.8, 4) is 11.1 Å². The second-order valence-corrected chi connectivity index (χ2v) is 6.84. The van der Waals surface area contributed by atoms with Crippen molar-refractivity contribution in [3.05, 3.63) is 47.4 Å². The Morgan fingerprint density at radius 1 is 1.11 bits per heavy atom. The Bertz CT molecular complexity index is 961. The fourth-order valence-electron chi connectivity index (χ4n) is 3.63. The number of amides is 1. The van der Waals surface area contributed by atoms with Crippen LogP contribution < -0.4 is 0 Å². The molecule has 3 aromatic rings. The lowest BCUT2D eigenvalue weighted by Gasteiger charge is -2.26. The number of carbonyl (C=O) groups is 1. The lowest BCUT2D eigenvalue weighted by atomic mass is 10.1. The molecule has 3 heterocycles. The number of carbonyl (C=O) groups excluding carboxylic acids is 1. The van der Waals surface area contributed by atoms with E-state index >= 15 is 0 Å². The highest BCUT2D eigenvalue weighted by atomic mass is 16.5. The number of methoxy groups -OCH3 is 1. The zero-order valence-corrected chi connectivity index (χ0v) is 15.7. The van der Waals surface area contributed by atoms with Crippen molar-refractivity contribution in [1.82, 2.24) is 24.7 Å². The van der Waals surface area contributed by atoms with Gasteiger partial charge in [-0.2, -0.15) is 5.10 Å². The fourth-order valence-corrected chi connectivity index (χ4v) is 3.63. The van der Waals surface area contributed by atoms with Crippen LogP contribution in [0.1, 0.15) is 41.1 Å². The molecule has 1 aliphatic heterocycles. The third-order valence-corrected chi connectivity index (χ3v) is 5.03. The largest absolute Gasteiger partial charge is 0.378 e. The van der Waals surface area contributed by atoms with E-state index in [1.807, 2.05) is 42.2 Å². The van der Waals surface area contributed by atoms with Crippen LogP contribution in [0.3, 0.4) is 0 Å². The van der Waals surface area contributed by atoms with Gasteiger partial charge in [0.15, 0.2) is 11.3 Å². The van der Waals surface area contributed by atoms with Gasteiger partial charge in [0.25, 0.3) is 5.91 Å². The molecule has 0 aliphatic carbocycles. The van der Waals surface area contributed by atoms with Crippen LogP contribution in [0.5, 0.6) is 0 Å². The van der Waals surface area contributed by atoms with Gasteiger partial charge in [0.05, 0.1) is 23.6 Å². The summed E-state index contributed by atoms with van der Waals surface area (Å²) in [6.07, 6.45) is 3.25. The minimum atomic E-state index is -0.0633. The zero-order chi connectivity index (χ0) is 18.8. The first-order chi connectivity index (χ1) is 13.2. The minimum Gasteiger partial charge on any atom is -0.378 e. The molecule has 1 aliphatic rings. The number of likely N-dealkylation sites (tertiary alicyclic amines) is 1. The number of benzene rings is 1. The Balaban J connectivity index is 1.83. The number of fused-ring (bicyclic) bond motifs is 1. The number of hydrogen-bond donors (Lipinski definition) is 0. The van der Waals surface area contributed by atoms with Crippen molar-refractivity contribution >= 4 is 11.6 Å². The summed E-state index contributed by atoms with van der Waals surface area (Å²) in [5.74, 6) is -0.0633. The number of nitrogens with zero attached hydrogens (tertiary/aromatic N) is 5. The highest BCUT2D eigenvalue weighted by Gasteiger charge is 2.25. The van der Waals surface area contributed by atoms with Crippen molar-refractivity contribution in [2.24, 2.45) is 0 Å². The summed E-state index contributed by atoms with van der Waals surface area (Å²) < 4.78 is 7.06. The van der Waals surface area contributed by atoms with Crippen LogP contribution in [0.25, 0.3) is 16.8 Å². The van der Waals surface area contributed by atoms with Crippen LogP contribution in [0, 0.1) is 6.92 Å². The standard InChI is InChI=1S/C20H23N5O2/c1-14-18(20(26)24-11-7-4-8-12-24)21-22-19-17(15-9-5-3-6-10-15)16(13-27-2)23-25(14)19/h3,5-6,9-10H,4,7-8,11-13H2,1-2H3. The maximum absolute atomic E-state index is 12.9. The van der Waals surface area contributed by atoms with Crippen LogP contribution in [0.4, 0.5) is 0 Å². The molecule has 27 heavy (non-hydrogen) atoms. The van der Waals surface area contributed by atoms with Gasteiger partial charge in [-0.3, -0.25) is 4.79 Å². The molecule has 1 aromatic carbocycles. The van der Waals surface area contributed by atoms with Crippen molar-refractivity contribution in [3.63, 3.8) is 0 Å². The summed E-state index contributed by atoms with van der Waals surface area (Å²) in [7, 11) is 1.64. The first-order valence-corrected chi connectivity index (χ1v) is 9.29. The molecular weight excluding hydrogens is 342 g/mol. The van der Waals surface area contributed by atoms with Crippen LogP contribution in [-0.2, 0) is 11.3 Å². The first kappa shape index (κ1) is 17.6. The molecule has 4 rings (SSSR count). The van der Waals surface area contributed by atoms with Gasteiger partial charge in [-0.25, -0.2) is 4.52 Å². The molecule has 1 amide bonds. The van der Waals surface area contributed by atoms with E-state index in [1.165, 1.54) is 6.42 Å². The van der Waals surface area contributed by atoms with E-state index in [2.05, 4.69) is 15.3 Å². The number of aryl methyl sites for hydroxylation is 1. The molecule has 0 bridgehead atoms. The van der Waals surface area contributed by atoms with Gasteiger partial charge < -0.3 is 9.64 Å². The number of rotatable bonds is 4. The highest BCUT2D eigenvalue weighted by Crippen LogP contribution is 2.28. The van der Waals surface area contributed by atoms with E-state index in [4.69, 9.17) is 4.74 Å². The van der Waals surface area contributed by atoms with E-state index in [0.717, 1.165) is 42.8 Å². The van der Waals surface area contributed by atoms with E-state index in [-0.39, 0.29) is 5.91 Å². The van der Waals surface area contributed by atoms with Crippen molar-refractivity contribution in [2.75, 3.05) is 20.2 Å². The smallest absolute Gasteiger partial charge is 0.276 e. The molecule has 0 spiro atoms. The summed E-state index contributed by atoms with van der Waals surface area (Å²) in [5.41, 5.74) is 4.39. The van der Waals surface area contributed by atoms with Crippen LogP contribution >= 0.6 is 0 Å². The van der Waals surface area contributed by atoms with Gasteiger partial charge in [0.2, 0.25) is 0 Å². The van der Waals surface area contributed by atoms with E-state index in [0.29, 0.717) is 23.6 Å². The highest BCUT2D eigenvalue weighted by molar-refractivity contribution is 5.93. The Labute approximate surface area is 158 Å². The Hall–Kier alpha value is -2.80. The Morgan fingerprint density at radius 2 is 1.85 bits per heavy atom. The maximum atomic E-state index is 12.9. The summed E-state index contributed by atoms with van der Waals surface area (Å²) >= 11 is 0. The predicted molar refractivity (Wildman–Crippen MR) is 101 cm³/mol. The second-order valence-electron chi connectivity index (χ2n) is 6.84.